The molecule has 0 atom stereocenters. The fourth-order valence-corrected chi connectivity index (χ4v) is 1.08. The van der Waals surface area contributed by atoms with Crippen LogP contribution in [0.15, 0.2) is 30.5 Å². The topological polar surface area (TPSA) is 49.6 Å². The van der Waals surface area contributed by atoms with Crippen molar-refractivity contribution in [2.24, 2.45) is 0 Å². The zero-order valence-electron chi connectivity index (χ0n) is 6.49. The molecule has 1 aromatic heterocycles. The van der Waals surface area contributed by atoms with Gasteiger partial charge in [-0.05, 0) is 12.1 Å². The molecule has 1 N–H and O–H groups in total. The van der Waals surface area contributed by atoms with E-state index in [1.54, 1.807) is 6.20 Å². The minimum atomic E-state index is 0.192. The first-order chi connectivity index (χ1) is 5.90. The highest BCUT2D eigenvalue weighted by molar-refractivity contribution is 5.73. The van der Waals surface area contributed by atoms with Crippen LogP contribution in [0.1, 0.15) is 5.69 Å². The first kappa shape index (κ1) is 7.18. The summed E-state index contributed by atoms with van der Waals surface area (Å²) in [6.45, 7) is 0.192. The Bertz CT molecular complexity index is 398. The fourth-order valence-electron chi connectivity index (χ4n) is 1.08. The zero-order valence-corrected chi connectivity index (χ0v) is 6.49. The Hall–Kier alpha value is -1.48. The first-order valence-electron chi connectivity index (χ1n) is 3.75. The minimum absolute atomic E-state index is 0.192. The first-order valence-corrected chi connectivity index (χ1v) is 3.75. The van der Waals surface area contributed by atoms with E-state index in [0.29, 0.717) is 5.69 Å². The number of nitrogens with one attached hydrogen (secondary N) is 1. The summed E-state index contributed by atoms with van der Waals surface area (Å²) >= 11 is 0. The van der Waals surface area contributed by atoms with Crippen molar-refractivity contribution in [2.45, 2.75) is 6.54 Å². The maximum Gasteiger partial charge on any atom is 0.0890 e. The van der Waals surface area contributed by atoms with E-state index < -0.39 is 0 Å². The van der Waals surface area contributed by atoms with Crippen molar-refractivity contribution in [3.63, 3.8) is 0 Å². The van der Waals surface area contributed by atoms with Crippen LogP contribution in [0.2, 0.25) is 0 Å². The van der Waals surface area contributed by atoms with Gasteiger partial charge in [0.05, 0.1) is 29.5 Å². The summed E-state index contributed by atoms with van der Waals surface area (Å²) in [6.07, 6.45) is 1.65. The monoisotopic (exact) mass is 158 g/mol. The van der Waals surface area contributed by atoms with Gasteiger partial charge in [-0.3, -0.25) is 10.7 Å². The number of hydrogen-bond donors (Lipinski definition) is 0. The zero-order chi connectivity index (χ0) is 8.39. The maximum absolute atomic E-state index is 7.12. The predicted octanol–water partition coefficient (Wildman–Crippen LogP) is 1.41. The van der Waals surface area contributed by atoms with E-state index in [9.17, 15) is 0 Å². The molecular weight excluding hydrogens is 150 g/mol. The number of aromatic nitrogens is 2. The molecule has 1 aromatic carbocycles. The Kier molecular flexibility index (Phi) is 1.72. The second-order valence-electron chi connectivity index (χ2n) is 2.53. The normalized spacial score (nSPS) is 10.4. The van der Waals surface area contributed by atoms with Crippen LogP contribution in [0.5, 0.6) is 0 Å². The Balaban J connectivity index is 2.67. The number of hydrogen-bond acceptors (Lipinski definition) is 2. The van der Waals surface area contributed by atoms with Gasteiger partial charge in [-0.15, -0.1) is 0 Å². The van der Waals surface area contributed by atoms with Crippen LogP contribution in [0.4, 0.5) is 0 Å². The maximum atomic E-state index is 7.12. The lowest BCUT2D eigenvalue weighted by molar-refractivity contribution is 0.957. The van der Waals surface area contributed by atoms with E-state index in [0.717, 1.165) is 11.0 Å². The van der Waals surface area contributed by atoms with E-state index in [1.807, 2.05) is 24.3 Å². The Morgan fingerprint density at radius 1 is 1.17 bits per heavy atom. The van der Waals surface area contributed by atoms with Crippen molar-refractivity contribution < 1.29 is 0 Å². The van der Waals surface area contributed by atoms with Gasteiger partial charge in [0.1, 0.15) is 0 Å². The molecule has 2 rings (SSSR count). The number of para-hydroxylation sites is 2. The van der Waals surface area contributed by atoms with Gasteiger partial charge >= 0.3 is 0 Å². The molecule has 2 aromatic rings. The summed E-state index contributed by atoms with van der Waals surface area (Å²) in [6, 6.07) is 7.67. The molecule has 0 aliphatic rings. The van der Waals surface area contributed by atoms with Crippen molar-refractivity contribution in [2.75, 3.05) is 0 Å². The standard InChI is InChI=1S/C9H8N3/c10-5-7-6-11-8-3-1-2-4-9(8)12-7/h1-4,6,10H,5H2. The lowest BCUT2D eigenvalue weighted by Gasteiger charge is -1.97. The van der Waals surface area contributed by atoms with Crippen LogP contribution in [-0.2, 0) is 6.54 Å². The third-order valence-corrected chi connectivity index (χ3v) is 1.68. The molecule has 3 nitrogen and oxygen atoms in total. The van der Waals surface area contributed by atoms with Crippen molar-refractivity contribution >= 4 is 11.0 Å². The average molecular weight is 158 g/mol. The van der Waals surface area contributed by atoms with Crippen LogP contribution >= 0.6 is 0 Å². The number of rotatable bonds is 1. The SMILES string of the molecule is [NH]Cc1cnc2ccccc2n1. The lowest BCUT2D eigenvalue weighted by Crippen LogP contribution is -1.92. The summed E-state index contributed by atoms with van der Waals surface area (Å²) in [4.78, 5) is 8.41. The largest absolute Gasteiger partial charge is 0.253 e. The van der Waals surface area contributed by atoms with Gasteiger partial charge in [-0.2, -0.15) is 0 Å². The van der Waals surface area contributed by atoms with E-state index in [2.05, 4.69) is 9.97 Å². The third kappa shape index (κ3) is 1.14. The molecule has 0 unspecified atom stereocenters. The van der Waals surface area contributed by atoms with Crippen molar-refractivity contribution in [3.05, 3.63) is 36.2 Å². The average Bonchev–Trinajstić information content (AvgIpc) is 2.17. The smallest absolute Gasteiger partial charge is 0.0890 e. The van der Waals surface area contributed by atoms with Gasteiger partial charge in [0, 0.05) is 0 Å². The minimum Gasteiger partial charge on any atom is -0.253 e. The van der Waals surface area contributed by atoms with Crippen molar-refractivity contribution in [1.29, 1.82) is 0 Å². The van der Waals surface area contributed by atoms with Crippen LogP contribution in [0.25, 0.3) is 11.0 Å². The van der Waals surface area contributed by atoms with E-state index in [1.165, 1.54) is 0 Å². The summed E-state index contributed by atoms with van der Waals surface area (Å²) in [5, 5.41) is 0. The summed E-state index contributed by atoms with van der Waals surface area (Å²) in [5.41, 5.74) is 9.58. The summed E-state index contributed by atoms with van der Waals surface area (Å²) in [5.74, 6) is 0. The molecule has 12 heavy (non-hydrogen) atoms. The number of fused-ring (bicyclic) bond motifs is 1. The summed E-state index contributed by atoms with van der Waals surface area (Å²) < 4.78 is 0. The van der Waals surface area contributed by atoms with Crippen LogP contribution in [0, 0.1) is 0 Å². The molecule has 0 saturated carbocycles. The molecule has 0 aliphatic carbocycles. The van der Waals surface area contributed by atoms with Crippen LogP contribution < -0.4 is 5.73 Å². The van der Waals surface area contributed by atoms with Gasteiger partial charge < -0.3 is 0 Å². The molecule has 1 radical (unpaired) electrons. The lowest BCUT2D eigenvalue weighted by atomic mass is 10.3. The third-order valence-electron chi connectivity index (χ3n) is 1.68. The molecule has 0 aliphatic heterocycles. The second kappa shape index (κ2) is 2.87. The van der Waals surface area contributed by atoms with E-state index in [4.69, 9.17) is 5.73 Å². The van der Waals surface area contributed by atoms with Gasteiger partial charge in [0.25, 0.3) is 0 Å². The second-order valence-corrected chi connectivity index (χ2v) is 2.53. The van der Waals surface area contributed by atoms with Gasteiger partial charge in [0.2, 0.25) is 0 Å². The molecular formula is C9H8N3. The van der Waals surface area contributed by atoms with Crippen molar-refractivity contribution in [1.82, 2.24) is 15.7 Å². The molecule has 0 fully saturated rings. The van der Waals surface area contributed by atoms with Crippen molar-refractivity contribution in [3.8, 4) is 0 Å². The van der Waals surface area contributed by atoms with E-state index in [-0.39, 0.29) is 6.54 Å². The summed E-state index contributed by atoms with van der Waals surface area (Å²) in [7, 11) is 0. The molecule has 0 saturated heterocycles. The molecule has 1 heterocycles. The fraction of sp³-hybridized carbons (Fsp3) is 0.111. The Morgan fingerprint density at radius 2 is 1.92 bits per heavy atom. The molecule has 0 amide bonds. The number of benzene rings is 1. The predicted molar refractivity (Wildman–Crippen MR) is 46.3 cm³/mol. The molecule has 0 bridgehead atoms. The van der Waals surface area contributed by atoms with Crippen LogP contribution in [-0.4, -0.2) is 9.97 Å². The highest BCUT2D eigenvalue weighted by Gasteiger charge is 1.95. The number of nitrogens with zero attached hydrogens (tertiary/aromatic N) is 2. The Morgan fingerprint density at radius 3 is 2.67 bits per heavy atom. The molecule has 0 spiro atoms. The van der Waals surface area contributed by atoms with Gasteiger partial charge in [-0.25, -0.2) is 4.98 Å². The van der Waals surface area contributed by atoms with Gasteiger partial charge in [-0.1, -0.05) is 12.1 Å². The van der Waals surface area contributed by atoms with Gasteiger partial charge in [0.15, 0.2) is 0 Å². The highest BCUT2D eigenvalue weighted by atomic mass is 14.8. The molecule has 3 heteroatoms. The Labute approximate surface area is 70.3 Å². The molecule has 59 valence electrons. The quantitative estimate of drug-likeness (QED) is 0.630. The van der Waals surface area contributed by atoms with E-state index >= 15 is 0 Å². The highest BCUT2D eigenvalue weighted by Crippen LogP contribution is 2.07. The van der Waals surface area contributed by atoms with Crippen LogP contribution in [0.3, 0.4) is 0 Å².